The molecular formula is C26H43NO6. The molecule has 4 N–H and O–H groups in total. The molecule has 33 heavy (non-hydrogen) atoms. The summed E-state index contributed by atoms with van der Waals surface area (Å²) in [5.41, 5.74) is -0.174. The molecule has 4 saturated carbocycles. The lowest BCUT2D eigenvalue weighted by atomic mass is 9.43. The summed E-state index contributed by atoms with van der Waals surface area (Å²) in [4.78, 5) is 22.3. The van der Waals surface area contributed by atoms with Gasteiger partial charge in [0.05, 0.1) is 18.3 Å². The Morgan fingerprint density at radius 3 is 2.61 bits per heavy atom. The van der Waals surface area contributed by atoms with Crippen molar-refractivity contribution in [3.63, 3.8) is 0 Å². The molecule has 0 radical (unpaired) electrons. The summed E-state index contributed by atoms with van der Waals surface area (Å²) in [6.45, 7) is 6.98. The van der Waals surface area contributed by atoms with E-state index in [1.165, 1.54) is 0 Å². The van der Waals surface area contributed by atoms with Gasteiger partial charge in [-0.15, -0.1) is 0 Å². The molecule has 7 nitrogen and oxygen atoms in total. The summed E-state index contributed by atoms with van der Waals surface area (Å²) in [6, 6.07) is 0. The number of amides is 1. The zero-order valence-electron chi connectivity index (χ0n) is 20.4. The average molecular weight is 466 g/mol. The monoisotopic (exact) mass is 465 g/mol. The van der Waals surface area contributed by atoms with Crippen molar-refractivity contribution < 1.29 is 29.6 Å². The van der Waals surface area contributed by atoms with Crippen molar-refractivity contribution in [2.45, 2.75) is 96.9 Å². The van der Waals surface area contributed by atoms with Crippen molar-refractivity contribution in [1.82, 2.24) is 5.32 Å². The molecule has 11 atom stereocenters. The lowest BCUT2D eigenvalue weighted by Crippen LogP contribution is -2.62. The molecule has 0 bridgehead atoms. The topological polar surface area (TPSA) is 116 Å². The highest BCUT2D eigenvalue weighted by molar-refractivity contribution is 5.75. The number of hydrogen-bond donors (Lipinski definition) is 4. The Hall–Kier alpha value is -1.18. The van der Waals surface area contributed by atoms with Crippen LogP contribution in [0.1, 0.15) is 78.6 Å². The number of ether oxygens (including phenoxy) is 1. The zero-order chi connectivity index (χ0) is 24.0. The molecule has 0 aromatic heterocycles. The van der Waals surface area contributed by atoms with Gasteiger partial charge in [-0.2, -0.15) is 0 Å². The van der Waals surface area contributed by atoms with Gasteiger partial charge in [-0.25, -0.2) is 0 Å². The maximum Gasteiger partial charge on any atom is 0.294 e. The second-order valence-electron chi connectivity index (χ2n) is 12.0. The Kier molecular flexibility index (Phi) is 7.15. The number of nitrogens with one attached hydrogen (secondary N) is 1. The van der Waals surface area contributed by atoms with Crippen LogP contribution in [-0.4, -0.2) is 52.7 Å². The van der Waals surface area contributed by atoms with Gasteiger partial charge in [0, 0.05) is 6.42 Å². The predicted molar refractivity (Wildman–Crippen MR) is 123 cm³/mol. The van der Waals surface area contributed by atoms with Gasteiger partial charge >= 0.3 is 0 Å². The molecule has 4 aliphatic carbocycles. The SMILES string of the molecule is CC(CCC(=O)NCOC=O)[C@H]1CCC2C3C(C[C@H](O)[C@@]21C)[C@@]1(C)CC[C@@H](O)C[C@H]1C[C@H]3O. The van der Waals surface area contributed by atoms with Gasteiger partial charge in [-0.3, -0.25) is 9.59 Å². The minimum absolute atomic E-state index is 0.0802. The minimum atomic E-state index is -0.414. The Bertz CT molecular complexity index is 732. The maximum atomic E-state index is 12.1. The third-order valence-electron chi connectivity index (χ3n) is 10.8. The summed E-state index contributed by atoms with van der Waals surface area (Å²) in [5.74, 6) is 1.57. The van der Waals surface area contributed by atoms with Gasteiger partial charge in [-0.05, 0) is 97.7 Å². The van der Waals surface area contributed by atoms with E-state index < -0.39 is 6.10 Å². The van der Waals surface area contributed by atoms with Crippen molar-refractivity contribution in [3.8, 4) is 0 Å². The van der Waals surface area contributed by atoms with Crippen LogP contribution in [0.4, 0.5) is 0 Å². The maximum absolute atomic E-state index is 12.1. The Balaban J connectivity index is 1.48. The van der Waals surface area contributed by atoms with E-state index >= 15 is 0 Å². The molecule has 0 aromatic rings. The van der Waals surface area contributed by atoms with Gasteiger partial charge in [0.25, 0.3) is 6.47 Å². The van der Waals surface area contributed by atoms with Gasteiger partial charge in [0.1, 0.15) is 0 Å². The molecular weight excluding hydrogens is 422 g/mol. The Labute approximate surface area is 197 Å². The van der Waals surface area contributed by atoms with Crippen LogP contribution in [0.15, 0.2) is 0 Å². The van der Waals surface area contributed by atoms with Crippen LogP contribution in [0.5, 0.6) is 0 Å². The number of carbonyl (C=O) groups is 2. The quantitative estimate of drug-likeness (QED) is 0.261. The normalized spacial score (nSPS) is 47.6. The summed E-state index contributed by atoms with van der Waals surface area (Å²) >= 11 is 0. The van der Waals surface area contributed by atoms with Crippen molar-refractivity contribution in [2.24, 2.45) is 46.3 Å². The number of carbonyl (C=O) groups excluding carboxylic acids is 2. The van der Waals surface area contributed by atoms with Crippen LogP contribution in [0.25, 0.3) is 0 Å². The lowest BCUT2D eigenvalue weighted by Gasteiger charge is -2.63. The fraction of sp³-hybridized carbons (Fsp3) is 0.923. The number of hydrogen-bond acceptors (Lipinski definition) is 6. The Morgan fingerprint density at radius 2 is 1.88 bits per heavy atom. The van der Waals surface area contributed by atoms with Crippen molar-refractivity contribution in [2.75, 3.05) is 6.73 Å². The van der Waals surface area contributed by atoms with Crippen molar-refractivity contribution >= 4 is 12.4 Å². The van der Waals surface area contributed by atoms with Crippen LogP contribution in [-0.2, 0) is 14.3 Å². The zero-order valence-corrected chi connectivity index (χ0v) is 20.4. The number of rotatable bonds is 7. The van der Waals surface area contributed by atoms with Gasteiger partial charge < -0.3 is 25.4 Å². The first-order valence-electron chi connectivity index (χ1n) is 13.0. The summed E-state index contributed by atoms with van der Waals surface area (Å²) < 4.78 is 4.54. The van der Waals surface area contributed by atoms with E-state index in [4.69, 9.17) is 0 Å². The highest BCUT2D eigenvalue weighted by Gasteiger charge is 2.65. The van der Waals surface area contributed by atoms with Crippen LogP contribution in [0.3, 0.4) is 0 Å². The first-order valence-corrected chi connectivity index (χ1v) is 13.0. The third-order valence-corrected chi connectivity index (χ3v) is 10.8. The summed E-state index contributed by atoms with van der Waals surface area (Å²) in [5, 5.41) is 35.8. The van der Waals surface area contributed by atoms with E-state index in [1.54, 1.807) is 0 Å². The van der Waals surface area contributed by atoms with E-state index in [0.29, 0.717) is 30.6 Å². The van der Waals surface area contributed by atoms with E-state index in [2.05, 4.69) is 30.8 Å². The van der Waals surface area contributed by atoms with E-state index in [9.17, 15) is 24.9 Å². The smallest absolute Gasteiger partial charge is 0.294 e. The molecule has 4 rings (SSSR count). The van der Waals surface area contributed by atoms with Gasteiger partial charge in [0.2, 0.25) is 5.91 Å². The van der Waals surface area contributed by atoms with Gasteiger partial charge in [-0.1, -0.05) is 20.8 Å². The number of aliphatic hydroxyl groups excluding tert-OH is 3. The molecule has 0 aromatic carbocycles. The summed E-state index contributed by atoms with van der Waals surface area (Å²) in [6.07, 6.45) is 6.15. The highest BCUT2D eigenvalue weighted by atomic mass is 16.5. The second kappa shape index (κ2) is 9.46. The lowest BCUT2D eigenvalue weighted by molar-refractivity contribution is -0.207. The Morgan fingerprint density at radius 1 is 1.12 bits per heavy atom. The molecule has 0 spiro atoms. The minimum Gasteiger partial charge on any atom is -0.447 e. The largest absolute Gasteiger partial charge is 0.447 e. The number of fused-ring (bicyclic) bond motifs is 5. The van der Waals surface area contributed by atoms with Crippen molar-refractivity contribution in [3.05, 3.63) is 0 Å². The summed E-state index contributed by atoms with van der Waals surface area (Å²) in [7, 11) is 0. The van der Waals surface area contributed by atoms with E-state index in [1.807, 2.05) is 0 Å². The molecule has 4 aliphatic rings. The van der Waals surface area contributed by atoms with Crippen molar-refractivity contribution in [1.29, 1.82) is 0 Å². The van der Waals surface area contributed by atoms with E-state index in [0.717, 1.165) is 51.4 Å². The second-order valence-corrected chi connectivity index (χ2v) is 12.0. The van der Waals surface area contributed by atoms with E-state index in [-0.39, 0.29) is 53.4 Å². The van der Waals surface area contributed by atoms with Crippen LogP contribution in [0, 0.1) is 46.3 Å². The average Bonchev–Trinajstić information content (AvgIpc) is 3.13. The standard InChI is InChI=1S/C26H43NO6/c1-15(4-7-23(32)27-13-33-14-28)18-5-6-19-24-20(12-22(31)26(18,19)3)25(2)9-8-17(29)10-16(25)11-21(24)30/h14-22,24,29-31H,4-13H2,1-3H3,(H,27,32)/t15?,16-,17+,18+,19?,20?,21+,22-,24?,25-,26+/m0/s1. The number of aliphatic hydroxyl groups is 3. The predicted octanol–water partition coefficient (Wildman–Crippen LogP) is 2.61. The molecule has 4 fully saturated rings. The molecule has 188 valence electrons. The van der Waals surface area contributed by atoms with Crippen LogP contribution in [0.2, 0.25) is 0 Å². The molecule has 0 aliphatic heterocycles. The fourth-order valence-corrected chi connectivity index (χ4v) is 8.94. The fourth-order valence-electron chi connectivity index (χ4n) is 8.94. The molecule has 1 amide bonds. The molecule has 0 saturated heterocycles. The van der Waals surface area contributed by atoms with Crippen LogP contribution >= 0.6 is 0 Å². The van der Waals surface area contributed by atoms with Gasteiger partial charge in [0.15, 0.2) is 6.73 Å². The molecule has 0 heterocycles. The molecule has 7 heteroatoms. The molecule has 4 unspecified atom stereocenters. The first kappa shape index (κ1) is 24.9. The van der Waals surface area contributed by atoms with Crippen LogP contribution < -0.4 is 5.32 Å². The first-order chi connectivity index (χ1) is 15.6. The highest BCUT2D eigenvalue weighted by Crippen LogP contribution is 2.68. The third kappa shape index (κ3) is 4.23.